The molecule has 0 saturated carbocycles. The summed E-state index contributed by atoms with van der Waals surface area (Å²) in [5, 5.41) is 4.06. The van der Waals surface area contributed by atoms with E-state index < -0.39 is 0 Å². The number of hydrogen-bond donors (Lipinski definition) is 1. The van der Waals surface area contributed by atoms with Crippen LogP contribution in [0.5, 0.6) is 5.75 Å². The van der Waals surface area contributed by atoms with E-state index in [1.165, 1.54) is 0 Å². The highest BCUT2D eigenvalue weighted by atomic mass is 127. The molecule has 0 bridgehead atoms. The summed E-state index contributed by atoms with van der Waals surface area (Å²) in [7, 11) is 1.62. The second-order valence-electron chi connectivity index (χ2n) is 5.35. The fourth-order valence-electron chi connectivity index (χ4n) is 2.41. The minimum absolute atomic E-state index is 0.264. The Hall–Kier alpha value is -1.88. The van der Waals surface area contributed by atoms with Gasteiger partial charge in [0.05, 0.1) is 16.9 Å². The number of aromatic nitrogens is 1. The Balaban J connectivity index is 1.70. The zero-order valence-electron chi connectivity index (χ0n) is 13.8. The quantitative estimate of drug-likeness (QED) is 0.280. The Kier molecular flexibility index (Phi) is 6.30. The zero-order chi connectivity index (χ0) is 18.5. The first-order valence-corrected chi connectivity index (χ1v) is 9.84. The molecule has 0 spiro atoms. The van der Waals surface area contributed by atoms with Gasteiger partial charge >= 0.3 is 0 Å². The minimum atomic E-state index is -0.264. The number of carbonyl (C=O) groups excluding carboxylic acids is 1. The maximum Gasteiger partial charge on any atom is 0.271 e. The van der Waals surface area contributed by atoms with Crippen molar-refractivity contribution in [3.05, 3.63) is 79.2 Å². The Morgan fingerprint density at radius 2 is 1.85 bits per heavy atom. The van der Waals surface area contributed by atoms with E-state index in [1.807, 2.05) is 53.4 Å². The predicted molar refractivity (Wildman–Crippen MR) is 119 cm³/mol. The molecule has 0 aliphatic carbocycles. The second kappa shape index (κ2) is 8.67. The number of nitrogens with one attached hydrogen (secondary N) is 1. The molecule has 0 aliphatic heterocycles. The first-order valence-electron chi connectivity index (χ1n) is 7.68. The van der Waals surface area contributed by atoms with Gasteiger partial charge in [-0.1, -0.05) is 0 Å². The fourth-order valence-corrected chi connectivity index (χ4v) is 4.52. The lowest BCUT2D eigenvalue weighted by Gasteiger charge is -2.08. The molecule has 1 amide bonds. The molecule has 0 atom stereocenters. The molecular weight excluding hydrogens is 556 g/mol. The zero-order valence-corrected chi connectivity index (χ0v) is 18.1. The number of carbonyl (C=O) groups is 1. The molecule has 5 nitrogen and oxygen atoms in total. The summed E-state index contributed by atoms with van der Waals surface area (Å²) in [6.45, 7) is 0. The summed E-state index contributed by atoms with van der Waals surface area (Å²) in [5.74, 6) is 0.472. The van der Waals surface area contributed by atoms with E-state index in [1.54, 1.807) is 25.5 Å². The normalized spacial score (nSPS) is 10.9. The molecule has 0 saturated heterocycles. The number of nitrogens with zero attached hydrogens (tertiary/aromatic N) is 2. The molecule has 3 rings (SSSR count). The summed E-state index contributed by atoms with van der Waals surface area (Å²) >= 11 is 4.45. The van der Waals surface area contributed by atoms with E-state index in [0.717, 1.165) is 24.1 Å². The van der Waals surface area contributed by atoms with Gasteiger partial charge in [-0.3, -0.25) is 4.79 Å². The predicted octanol–water partition coefficient (Wildman–Crippen LogP) is 4.46. The van der Waals surface area contributed by atoms with Crippen molar-refractivity contribution >= 4 is 57.3 Å². The maximum absolute atomic E-state index is 12.3. The van der Waals surface area contributed by atoms with E-state index >= 15 is 0 Å². The number of hydrogen-bond acceptors (Lipinski definition) is 3. The van der Waals surface area contributed by atoms with Gasteiger partial charge in [-0.15, -0.1) is 0 Å². The van der Waals surface area contributed by atoms with Crippen LogP contribution in [0.25, 0.3) is 5.69 Å². The molecule has 0 unspecified atom stereocenters. The largest absolute Gasteiger partial charge is 0.495 e. The van der Waals surface area contributed by atoms with Gasteiger partial charge in [0.1, 0.15) is 5.75 Å². The number of hydrazone groups is 1. The van der Waals surface area contributed by atoms with Gasteiger partial charge < -0.3 is 9.30 Å². The van der Waals surface area contributed by atoms with Gasteiger partial charge in [0.15, 0.2) is 0 Å². The molecule has 0 radical (unpaired) electrons. The molecule has 1 aromatic heterocycles. The van der Waals surface area contributed by atoms with E-state index in [4.69, 9.17) is 4.74 Å². The Morgan fingerprint density at radius 3 is 2.50 bits per heavy atom. The summed E-state index contributed by atoms with van der Waals surface area (Å²) in [6, 6.07) is 15.2. The molecular formula is C19H15I2N3O2. The van der Waals surface area contributed by atoms with Gasteiger partial charge in [0.25, 0.3) is 5.91 Å². The van der Waals surface area contributed by atoms with Crippen molar-refractivity contribution < 1.29 is 9.53 Å². The van der Waals surface area contributed by atoms with E-state index in [-0.39, 0.29) is 5.91 Å². The third-order valence-corrected chi connectivity index (χ3v) is 5.07. The van der Waals surface area contributed by atoms with Crippen molar-refractivity contribution in [2.45, 2.75) is 0 Å². The summed E-state index contributed by atoms with van der Waals surface area (Å²) < 4.78 is 9.44. The van der Waals surface area contributed by atoms with Crippen molar-refractivity contribution in [3.63, 3.8) is 0 Å². The van der Waals surface area contributed by atoms with Crippen molar-refractivity contribution in [3.8, 4) is 11.4 Å². The van der Waals surface area contributed by atoms with Crippen molar-refractivity contribution in [1.82, 2.24) is 9.99 Å². The minimum Gasteiger partial charge on any atom is -0.495 e. The summed E-state index contributed by atoms with van der Waals surface area (Å²) in [6.07, 6.45) is 5.50. The standard InChI is InChI=1S/C19H15I2N3O2/c1-26-18-14(10-15(20)11-17(18)21)12-22-23-19(25)13-4-6-16(7-5-13)24-8-2-3-9-24/h2-12H,1H3,(H,23,25). The fraction of sp³-hybridized carbons (Fsp3) is 0.0526. The van der Waals surface area contributed by atoms with Crippen LogP contribution < -0.4 is 10.2 Å². The molecule has 3 aromatic rings. The molecule has 1 heterocycles. The van der Waals surface area contributed by atoms with Crippen molar-refractivity contribution in [1.29, 1.82) is 0 Å². The number of rotatable bonds is 5. The first-order chi connectivity index (χ1) is 12.6. The van der Waals surface area contributed by atoms with Gasteiger partial charge in [0, 0.05) is 32.8 Å². The highest BCUT2D eigenvalue weighted by Gasteiger charge is 2.08. The summed E-state index contributed by atoms with van der Waals surface area (Å²) in [5.41, 5.74) is 4.90. The van der Waals surface area contributed by atoms with Crippen LogP contribution in [0.4, 0.5) is 0 Å². The second-order valence-corrected chi connectivity index (χ2v) is 7.75. The van der Waals surface area contributed by atoms with Crippen LogP contribution in [0.2, 0.25) is 0 Å². The molecule has 132 valence electrons. The van der Waals surface area contributed by atoms with Crippen LogP contribution in [0.15, 0.2) is 66.0 Å². The van der Waals surface area contributed by atoms with Crippen LogP contribution >= 0.6 is 45.2 Å². The average molecular weight is 571 g/mol. The highest BCUT2D eigenvalue weighted by molar-refractivity contribution is 14.1. The molecule has 2 aromatic carbocycles. The van der Waals surface area contributed by atoms with Gasteiger partial charge in [-0.25, -0.2) is 5.43 Å². The summed E-state index contributed by atoms with van der Waals surface area (Å²) in [4.78, 5) is 12.3. The van der Waals surface area contributed by atoms with Gasteiger partial charge in [-0.2, -0.15) is 5.10 Å². The van der Waals surface area contributed by atoms with Gasteiger partial charge in [-0.05, 0) is 93.7 Å². The van der Waals surface area contributed by atoms with Crippen molar-refractivity contribution in [2.24, 2.45) is 5.10 Å². The number of benzene rings is 2. The topological polar surface area (TPSA) is 55.6 Å². The molecule has 0 aliphatic rings. The Bertz CT molecular complexity index is 936. The lowest BCUT2D eigenvalue weighted by Crippen LogP contribution is -2.17. The monoisotopic (exact) mass is 571 g/mol. The van der Waals surface area contributed by atoms with Gasteiger partial charge in [0.2, 0.25) is 0 Å². The average Bonchev–Trinajstić information content (AvgIpc) is 3.16. The third-order valence-electron chi connectivity index (χ3n) is 3.64. The molecule has 7 heteroatoms. The number of methoxy groups -OCH3 is 1. The lowest BCUT2D eigenvalue weighted by atomic mass is 10.2. The van der Waals surface area contributed by atoms with Crippen LogP contribution in [-0.4, -0.2) is 23.8 Å². The van der Waals surface area contributed by atoms with Crippen molar-refractivity contribution in [2.75, 3.05) is 7.11 Å². The third kappa shape index (κ3) is 4.44. The number of halogens is 2. The SMILES string of the molecule is COc1c(I)cc(I)cc1C=NNC(=O)c1ccc(-n2cccc2)cc1. The Morgan fingerprint density at radius 1 is 1.15 bits per heavy atom. The van der Waals surface area contributed by atoms with Crippen LogP contribution in [0, 0.1) is 7.14 Å². The number of amides is 1. The highest BCUT2D eigenvalue weighted by Crippen LogP contribution is 2.26. The Labute approximate surface area is 178 Å². The van der Waals surface area contributed by atoms with E-state index in [2.05, 4.69) is 55.7 Å². The van der Waals surface area contributed by atoms with Crippen LogP contribution in [0.1, 0.15) is 15.9 Å². The number of ether oxygens (including phenoxy) is 1. The maximum atomic E-state index is 12.3. The van der Waals surface area contributed by atoms with Crippen LogP contribution in [-0.2, 0) is 0 Å². The lowest BCUT2D eigenvalue weighted by molar-refractivity contribution is 0.0955. The molecule has 0 fully saturated rings. The van der Waals surface area contributed by atoms with E-state index in [9.17, 15) is 4.79 Å². The first kappa shape index (κ1) is 18.9. The molecule has 1 N–H and O–H groups in total. The van der Waals surface area contributed by atoms with Crippen LogP contribution in [0.3, 0.4) is 0 Å². The smallest absolute Gasteiger partial charge is 0.271 e. The van der Waals surface area contributed by atoms with E-state index in [0.29, 0.717) is 5.56 Å². The molecule has 26 heavy (non-hydrogen) atoms.